The zero-order chi connectivity index (χ0) is 9.68. The van der Waals surface area contributed by atoms with E-state index in [2.05, 4.69) is 23.2 Å². The fraction of sp³-hybridized carbons (Fsp3) is 0.273. The highest BCUT2D eigenvalue weighted by Crippen LogP contribution is 2.09. The maximum Gasteiger partial charge on any atom is 0.0453 e. The van der Waals surface area contributed by atoms with Gasteiger partial charge in [0.25, 0.3) is 0 Å². The fourth-order valence-electron chi connectivity index (χ4n) is 0.995. The van der Waals surface area contributed by atoms with Crippen LogP contribution in [0.4, 0.5) is 0 Å². The molecule has 2 aromatic rings. The number of hydrogen-bond acceptors (Lipinski definition) is 1. The molecule has 2 rings (SSSR count). The van der Waals surface area contributed by atoms with Crippen LogP contribution in [0.3, 0.4) is 0 Å². The van der Waals surface area contributed by atoms with Gasteiger partial charge >= 0.3 is 0 Å². The lowest BCUT2D eigenvalue weighted by Crippen LogP contribution is -1.99. The molecule has 0 aliphatic rings. The summed E-state index contributed by atoms with van der Waals surface area (Å²) in [5.74, 6) is 0. The van der Waals surface area contributed by atoms with Gasteiger partial charge in [-0.1, -0.05) is 18.2 Å². The fourth-order valence-corrected chi connectivity index (χ4v) is 0.995. The molecule has 1 aromatic carbocycles. The molecular weight excluding hydrogens is 160 g/mol. The second-order valence-corrected chi connectivity index (χ2v) is 3.41. The molecule has 70 valence electrons. The van der Waals surface area contributed by atoms with Crippen molar-refractivity contribution in [1.29, 1.82) is 0 Å². The summed E-state index contributed by atoms with van der Waals surface area (Å²) in [6.45, 7) is 0. The zero-order valence-corrected chi connectivity index (χ0v) is 8.41. The number of aromatic amines is 1. The van der Waals surface area contributed by atoms with E-state index < -0.39 is 0 Å². The summed E-state index contributed by atoms with van der Waals surface area (Å²) < 4.78 is 0. The van der Waals surface area contributed by atoms with Crippen LogP contribution < -0.4 is 0 Å². The van der Waals surface area contributed by atoms with Gasteiger partial charge in [0, 0.05) is 11.7 Å². The van der Waals surface area contributed by atoms with Crippen molar-refractivity contribution < 1.29 is 0 Å². The highest BCUT2D eigenvalue weighted by molar-refractivity contribution is 5.78. The van der Waals surface area contributed by atoms with Crippen LogP contribution >= 0.6 is 0 Å². The smallest absolute Gasteiger partial charge is 0.0453 e. The minimum atomic E-state index is 1.21. The number of nitrogens with zero attached hydrogens (tertiary/aromatic N) is 1. The summed E-state index contributed by atoms with van der Waals surface area (Å²) in [5, 5.41) is 1.28. The summed E-state index contributed by atoms with van der Waals surface area (Å²) in [7, 11) is 6.00. The van der Waals surface area contributed by atoms with E-state index in [1.807, 2.05) is 44.4 Å². The topological polar surface area (TPSA) is 19.0 Å². The van der Waals surface area contributed by atoms with Crippen LogP contribution in [0.25, 0.3) is 10.9 Å². The number of para-hydroxylation sites is 1. The molecule has 1 heterocycles. The Bertz CT molecular complexity index is 317. The first-order chi connectivity index (χ1) is 6.20. The highest BCUT2D eigenvalue weighted by Gasteiger charge is 1.86. The van der Waals surface area contributed by atoms with Gasteiger partial charge in [-0.05, 0) is 38.7 Å². The maximum absolute atomic E-state index is 3.12. The average molecular weight is 176 g/mol. The van der Waals surface area contributed by atoms with Crippen molar-refractivity contribution in [3.05, 3.63) is 36.5 Å². The Balaban J connectivity index is 0.000000184. The Morgan fingerprint density at radius 1 is 1.00 bits per heavy atom. The van der Waals surface area contributed by atoms with Gasteiger partial charge in [-0.25, -0.2) is 0 Å². The van der Waals surface area contributed by atoms with Gasteiger partial charge in [-0.2, -0.15) is 0 Å². The molecule has 0 bridgehead atoms. The SMILES string of the molecule is CN(C)C.c1ccc2[nH]ccc2c1. The van der Waals surface area contributed by atoms with Crippen molar-refractivity contribution in [1.82, 2.24) is 9.88 Å². The molecule has 2 nitrogen and oxygen atoms in total. The summed E-state index contributed by atoms with van der Waals surface area (Å²) in [6, 6.07) is 10.3. The number of fused-ring (bicyclic) bond motifs is 1. The number of hydrogen-bond donors (Lipinski definition) is 1. The van der Waals surface area contributed by atoms with E-state index in [4.69, 9.17) is 0 Å². The Hall–Kier alpha value is -1.28. The van der Waals surface area contributed by atoms with Crippen molar-refractivity contribution in [2.24, 2.45) is 0 Å². The Morgan fingerprint density at radius 3 is 2.23 bits per heavy atom. The second-order valence-electron chi connectivity index (χ2n) is 3.41. The molecule has 0 saturated carbocycles. The molecule has 0 radical (unpaired) electrons. The first-order valence-corrected chi connectivity index (χ1v) is 4.33. The molecular formula is C11H16N2. The lowest BCUT2D eigenvalue weighted by atomic mass is 10.3. The normalized spacial score (nSPS) is 9.85. The first-order valence-electron chi connectivity index (χ1n) is 4.33. The third kappa shape index (κ3) is 3.30. The summed E-state index contributed by atoms with van der Waals surface area (Å²) in [6.07, 6.45) is 1.95. The average Bonchev–Trinajstić information content (AvgIpc) is 2.49. The third-order valence-electron chi connectivity index (χ3n) is 1.46. The van der Waals surface area contributed by atoms with E-state index in [0.29, 0.717) is 0 Å². The lowest BCUT2D eigenvalue weighted by Gasteiger charge is -1.90. The van der Waals surface area contributed by atoms with E-state index in [1.165, 1.54) is 10.9 Å². The lowest BCUT2D eigenvalue weighted by molar-refractivity contribution is 0.505. The highest BCUT2D eigenvalue weighted by atomic mass is 15.0. The largest absolute Gasteiger partial charge is 0.361 e. The minimum Gasteiger partial charge on any atom is -0.361 e. The standard InChI is InChI=1S/C8H7N.C3H9N/c1-2-4-8-7(3-1)5-6-9-8;1-4(2)3/h1-6,9H;1-3H3. The summed E-state index contributed by atoms with van der Waals surface area (Å²) in [4.78, 5) is 5.12. The molecule has 1 aromatic heterocycles. The van der Waals surface area contributed by atoms with Gasteiger partial charge in [0.15, 0.2) is 0 Å². The predicted octanol–water partition coefficient (Wildman–Crippen LogP) is 2.35. The second kappa shape index (κ2) is 4.67. The first kappa shape index (κ1) is 9.81. The van der Waals surface area contributed by atoms with Gasteiger partial charge < -0.3 is 9.88 Å². The van der Waals surface area contributed by atoms with Crippen LogP contribution in [0, 0.1) is 0 Å². The van der Waals surface area contributed by atoms with Crippen LogP contribution in [-0.2, 0) is 0 Å². The Kier molecular flexibility index (Phi) is 3.53. The number of benzene rings is 1. The molecule has 0 aliphatic carbocycles. The molecule has 2 heteroatoms. The van der Waals surface area contributed by atoms with E-state index >= 15 is 0 Å². The number of aromatic nitrogens is 1. The molecule has 0 fully saturated rings. The molecule has 0 aliphatic heterocycles. The van der Waals surface area contributed by atoms with Crippen LogP contribution in [0.1, 0.15) is 0 Å². The number of nitrogens with one attached hydrogen (secondary N) is 1. The molecule has 1 N–H and O–H groups in total. The van der Waals surface area contributed by atoms with Crippen LogP contribution in [-0.4, -0.2) is 31.0 Å². The molecule has 0 atom stereocenters. The quantitative estimate of drug-likeness (QED) is 0.652. The van der Waals surface area contributed by atoms with E-state index in [9.17, 15) is 0 Å². The van der Waals surface area contributed by atoms with E-state index in [0.717, 1.165) is 0 Å². The molecule has 0 unspecified atom stereocenters. The molecule has 0 spiro atoms. The number of rotatable bonds is 0. The molecule has 0 amide bonds. The summed E-state index contributed by atoms with van der Waals surface area (Å²) >= 11 is 0. The van der Waals surface area contributed by atoms with Crippen molar-refractivity contribution in [2.45, 2.75) is 0 Å². The van der Waals surface area contributed by atoms with E-state index in [1.54, 1.807) is 0 Å². The van der Waals surface area contributed by atoms with Crippen LogP contribution in [0.2, 0.25) is 0 Å². The molecule has 13 heavy (non-hydrogen) atoms. The minimum absolute atomic E-state index is 1.21. The van der Waals surface area contributed by atoms with Gasteiger partial charge in [0.05, 0.1) is 0 Å². The van der Waals surface area contributed by atoms with Gasteiger partial charge in [0.2, 0.25) is 0 Å². The Morgan fingerprint density at radius 2 is 1.62 bits per heavy atom. The van der Waals surface area contributed by atoms with Crippen LogP contribution in [0.15, 0.2) is 36.5 Å². The summed E-state index contributed by atoms with van der Waals surface area (Å²) in [5.41, 5.74) is 1.21. The molecule has 0 saturated heterocycles. The van der Waals surface area contributed by atoms with Crippen molar-refractivity contribution in [2.75, 3.05) is 21.1 Å². The monoisotopic (exact) mass is 176 g/mol. The predicted molar refractivity (Wildman–Crippen MR) is 57.9 cm³/mol. The van der Waals surface area contributed by atoms with Crippen molar-refractivity contribution >= 4 is 10.9 Å². The third-order valence-corrected chi connectivity index (χ3v) is 1.46. The Labute approximate surface area is 79.2 Å². The van der Waals surface area contributed by atoms with Gasteiger partial charge in [-0.3, -0.25) is 0 Å². The maximum atomic E-state index is 3.12. The van der Waals surface area contributed by atoms with Gasteiger partial charge in [0.1, 0.15) is 0 Å². The zero-order valence-electron chi connectivity index (χ0n) is 8.41. The van der Waals surface area contributed by atoms with Crippen molar-refractivity contribution in [3.8, 4) is 0 Å². The number of H-pyrrole nitrogens is 1. The van der Waals surface area contributed by atoms with Crippen molar-refractivity contribution in [3.63, 3.8) is 0 Å². The van der Waals surface area contributed by atoms with E-state index in [-0.39, 0.29) is 0 Å². The van der Waals surface area contributed by atoms with Gasteiger partial charge in [-0.15, -0.1) is 0 Å². The van der Waals surface area contributed by atoms with Crippen LogP contribution in [0.5, 0.6) is 0 Å².